The number of carbonyl (C=O) groups excluding carboxylic acids is 1. The smallest absolute Gasteiger partial charge is 0.259 e. The van der Waals surface area contributed by atoms with Gasteiger partial charge in [-0.2, -0.15) is 0 Å². The van der Waals surface area contributed by atoms with Gasteiger partial charge in [0, 0.05) is 18.1 Å². The third-order valence-corrected chi connectivity index (χ3v) is 3.63. The maximum atomic E-state index is 12.5. The Balaban J connectivity index is 2.37. The summed E-state index contributed by atoms with van der Waals surface area (Å²) in [7, 11) is 1.71. The maximum Gasteiger partial charge on any atom is 0.259 e. The number of hydrogen-bond donors (Lipinski definition) is 1. The minimum absolute atomic E-state index is 0.0807. The van der Waals surface area contributed by atoms with E-state index in [-0.39, 0.29) is 5.91 Å². The van der Waals surface area contributed by atoms with Crippen molar-refractivity contribution in [3.05, 3.63) is 48.3 Å². The number of pyridine rings is 1. The molecule has 2 N–H and O–H groups in total. The number of aromatic nitrogens is 1. The fraction of sp³-hybridized carbons (Fsp3) is 0.143. The Labute approximate surface area is 116 Å². The molecule has 4 nitrogen and oxygen atoms in total. The van der Waals surface area contributed by atoms with Crippen LogP contribution in [0.1, 0.15) is 10.4 Å². The summed E-state index contributed by atoms with van der Waals surface area (Å²) in [6.07, 6.45) is 5.11. The first-order chi connectivity index (χ1) is 9.15. The van der Waals surface area contributed by atoms with Gasteiger partial charge in [-0.1, -0.05) is 12.1 Å². The summed E-state index contributed by atoms with van der Waals surface area (Å²) >= 11 is 1.55. The fourth-order valence-corrected chi connectivity index (χ4v) is 2.41. The lowest BCUT2D eigenvalue weighted by molar-refractivity contribution is 0.0990. The molecule has 0 saturated carbocycles. The van der Waals surface area contributed by atoms with Crippen molar-refractivity contribution in [1.29, 1.82) is 0 Å². The van der Waals surface area contributed by atoms with Crippen LogP contribution in [-0.2, 0) is 0 Å². The number of thioether (sulfide) groups is 1. The molecule has 1 aromatic carbocycles. The predicted molar refractivity (Wildman–Crippen MR) is 79.6 cm³/mol. The van der Waals surface area contributed by atoms with Crippen molar-refractivity contribution in [3.8, 4) is 0 Å². The molecule has 0 atom stereocenters. The van der Waals surface area contributed by atoms with Crippen molar-refractivity contribution in [3.63, 3.8) is 0 Å². The molecular weight excluding hydrogens is 258 g/mol. The minimum Gasteiger partial charge on any atom is -0.396 e. The predicted octanol–water partition coefficient (Wildman–Crippen LogP) is 2.66. The molecule has 0 spiro atoms. The molecule has 1 heterocycles. The van der Waals surface area contributed by atoms with Crippen molar-refractivity contribution in [1.82, 2.24) is 4.98 Å². The van der Waals surface area contributed by atoms with Crippen LogP contribution < -0.4 is 10.6 Å². The van der Waals surface area contributed by atoms with E-state index >= 15 is 0 Å². The van der Waals surface area contributed by atoms with Gasteiger partial charge in [-0.05, 0) is 24.5 Å². The summed E-state index contributed by atoms with van der Waals surface area (Å²) in [5, 5.41) is 0. The molecule has 2 rings (SSSR count). The Morgan fingerprint density at radius 2 is 2.05 bits per heavy atom. The number of rotatable bonds is 3. The summed E-state index contributed by atoms with van der Waals surface area (Å²) in [4.78, 5) is 18.9. The molecule has 0 aliphatic carbocycles. The number of anilines is 2. The van der Waals surface area contributed by atoms with Crippen molar-refractivity contribution in [2.24, 2.45) is 0 Å². The Morgan fingerprint density at radius 1 is 1.32 bits per heavy atom. The number of benzene rings is 1. The van der Waals surface area contributed by atoms with Crippen LogP contribution in [0.25, 0.3) is 0 Å². The van der Waals surface area contributed by atoms with Gasteiger partial charge in [0.05, 0.1) is 23.1 Å². The van der Waals surface area contributed by atoms with E-state index in [9.17, 15) is 4.79 Å². The topological polar surface area (TPSA) is 59.2 Å². The van der Waals surface area contributed by atoms with E-state index in [4.69, 9.17) is 5.73 Å². The Hall–Kier alpha value is -2.01. The SMILES string of the molecule is CSc1ccccc1C(=O)N(C)c1ccncc1N. The lowest BCUT2D eigenvalue weighted by Gasteiger charge is -2.20. The van der Waals surface area contributed by atoms with Crippen LogP contribution in [0.2, 0.25) is 0 Å². The number of carbonyl (C=O) groups is 1. The van der Waals surface area contributed by atoms with E-state index in [1.165, 1.54) is 0 Å². The molecule has 2 aromatic rings. The number of nitrogen functional groups attached to an aromatic ring is 1. The van der Waals surface area contributed by atoms with Gasteiger partial charge in [0.2, 0.25) is 0 Å². The van der Waals surface area contributed by atoms with Gasteiger partial charge in [0.15, 0.2) is 0 Å². The van der Waals surface area contributed by atoms with Crippen LogP contribution in [0.15, 0.2) is 47.6 Å². The molecule has 0 unspecified atom stereocenters. The van der Waals surface area contributed by atoms with E-state index in [2.05, 4.69) is 4.98 Å². The lowest BCUT2D eigenvalue weighted by Crippen LogP contribution is -2.27. The number of nitrogens with two attached hydrogens (primary N) is 1. The van der Waals surface area contributed by atoms with Gasteiger partial charge >= 0.3 is 0 Å². The third-order valence-electron chi connectivity index (χ3n) is 2.83. The van der Waals surface area contributed by atoms with Crippen LogP contribution in [0.5, 0.6) is 0 Å². The second-order valence-electron chi connectivity index (χ2n) is 4.00. The number of nitrogens with zero attached hydrogens (tertiary/aromatic N) is 2. The molecular formula is C14H15N3OS. The summed E-state index contributed by atoms with van der Waals surface area (Å²) in [5.41, 5.74) is 7.67. The molecule has 0 aliphatic rings. The molecule has 1 aromatic heterocycles. The quantitative estimate of drug-likeness (QED) is 0.873. The molecule has 19 heavy (non-hydrogen) atoms. The van der Waals surface area contributed by atoms with Crippen molar-refractivity contribution in [2.75, 3.05) is 23.9 Å². The lowest BCUT2D eigenvalue weighted by atomic mass is 10.2. The Bertz CT molecular complexity index is 601. The van der Waals surface area contributed by atoms with E-state index < -0.39 is 0 Å². The molecule has 0 saturated heterocycles. The summed E-state index contributed by atoms with van der Waals surface area (Å²) in [5.74, 6) is -0.0807. The largest absolute Gasteiger partial charge is 0.396 e. The molecule has 0 aliphatic heterocycles. The van der Waals surface area contributed by atoms with Crippen LogP contribution in [0, 0.1) is 0 Å². The average Bonchev–Trinajstić information content (AvgIpc) is 2.46. The second-order valence-corrected chi connectivity index (χ2v) is 4.85. The highest BCUT2D eigenvalue weighted by Gasteiger charge is 2.17. The molecule has 0 radical (unpaired) electrons. The summed E-state index contributed by atoms with van der Waals surface area (Å²) in [6, 6.07) is 9.26. The van der Waals surface area contributed by atoms with Crippen molar-refractivity contribution < 1.29 is 4.79 Å². The van der Waals surface area contributed by atoms with Gasteiger partial charge in [-0.25, -0.2) is 0 Å². The third kappa shape index (κ3) is 2.71. The monoisotopic (exact) mass is 273 g/mol. The first kappa shape index (κ1) is 13.4. The molecule has 0 bridgehead atoms. The fourth-order valence-electron chi connectivity index (χ4n) is 1.82. The van der Waals surface area contributed by atoms with Gasteiger partial charge < -0.3 is 10.6 Å². The average molecular weight is 273 g/mol. The van der Waals surface area contributed by atoms with Crippen LogP contribution in [0.3, 0.4) is 0 Å². The minimum atomic E-state index is -0.0807. The molecule has 98 valence electrons. The highest BCUT2D eigenvalue weighted by molar-refractivity contribution is 7.98. The van der Waals surface area contributed by atoms with Gasteiger partial charge in [-0.15, -0.1) is 11.8 Å². The van der Waals surface area contributed by atoms with Gasteiger partial charge in [0.1, 0.15) is 0 Å². The molecule has 5 heteroatoms. The van der Waals surface area contributed by atoms with Crippen molar-refractivity contribution in [2.45, 2.75) is 4.90 Å². The van der Waals surface area contributed by atoms with E-state index in [0.717, 1.165) is 4.90 Å². The highest BCUT2D eigenvalue weighted by Crippen LogP contribution is 2.25. The van der Waals surface area contributed by atoms with Crippen LogP contribution in [0.4, 0.5) is 11.4 Å². The van der Waals surface area contributed by atoms with E-state index in [1.54, 1.807) is 42.2 Å². The van der Waals surface area contributed by atoms with E-state index in [0.29, 0.717) is 16.9 Å². The highest BCUT2D eigenvalue weighted by atomic mass is 32.2. The van der Waals surface area contributed by atoms with Gasteiger partial charge in [0.25, 0.3) is 5.91 Å². The van der Waals surface area contributed by atoms with E-state index in [1.807, 2.05) is 30.5 Å². The maximum absolute atomic E-state index is 12.5. The second kappa shape index (κ2) is 5.75. The van der Waals surface area contributed by atoms with Crippen molar-refractivity contribution >= 4 is 29.0 Å². The zero-order valence-corrected chi connectivity index (χ0v) is 11.6. The van der Waals surface area contributed by atoms with Crippen LogP contribution >= 0.6 is 11.8 Å². The Morgan fingerprint density at radius 3 is 2.74 bits per heavy atom. The number of hydrogen-bond acceptors (Lipinski definition) is 4. The standard InChI is InChI=1S/C14H15N3OS/c1-17(12-7-8-16-9-11(12)15)14(18)10-5-3-4-6-13(10)19-2/h3-9H,15H2,1-2H3. The van der Waals surface area contributed by atoms with Gasteiger partial charge in [-0.3, -0.25) is 9.78 Å². The summed E-state index contributed by atoms with van der Waals surface area (Å²) < 4.78 is 0. The first-order valence-electron chi connectivity index (χ1n) is 5.75. The zero-order chi connectivity index (χ0) is 13.8. The zero-order valence-electron chi connectivity index (χ0n) is 10.8. The molecule has 0 fully saturated rings. The molecule has 1 amide bonds. The number of amides is 1. The normalized spacial score (nSPS) is 10.2. The Kier molecular flexibility index (Phi) is 4.06. The first-order valence-corrected chi connectivity index (χ1v) is 6.98. The van der Waals surface area contributed by atoms with Crippen LogP contribution in [-0.4, -0.2) is 24.2 Å². The summed E-state index contributed by atoms with van der Waals surface area (Å²) in [6.45, 7) is 0.